The van der Waals surface area contributed by atoms with Gasteiger partial charge in [0.15, 0.2) is 0 Å². The van der Waals surface area contributed by atoms with Gasteiger partial charge in [-0.2, -0.15) is 0 Å². The van der Waals surface area contributed by atoms with E-state index in [9.17, 15) is 24.6 Å². The third-order valence-electron chi connectivity index (χ3n) is 5.39. The number of carboxylic acid groups (broad SMARTS) is 1. The van der Waals surface area contributed by atoms with Gasteiger partial charge in [-0.05, 0) is 66.2 Å². The number of nitrogens with zero attached hydrogens (tertiary/aromatic N) is 1. The van der Waals surface area contributed by atoms with Gasteiger partial charge in [0.2, 0.25) is 0 Å². The first-order valence-corrected chi connectivity index (χ1v) is 10.2. The maximum absolute atomic E-state index is 13.1. The van der Waals surface area contributed by atoms with Crippen LogP contribution in [0.3, 0.4) is 0 Å². The SMILES string of the molecule is COc1ccc(C2C(=C(O)c3ccc(Cl)cc3)C(=O)C(=O)N2c2ccc(C(=O)O)cc2)cc1. The number of carbonyl (C=O) groups is 3. The molecule has 1 heterocycles. The van der Waals surface area contributed by atoms with E-state index < -0.39 is 23.7 Å². The zero-order chi connectivity index (χ0) is 23.7. The van der Waals surface area contributed by atoms with Gasteiger partial charge in [0.05, 0.1) is 24.3 Å². The first-order valence-electron chi connectivity index (χ1n) is 9.86. The fourth-order valence-electron chi connectivity index (χ4n) is 3.73. The predicted molar refractivity (Wildman–Crippen MR) is 123 cm³/mol. The number of aromatic carboxylic acids is 1. The summed E-state index contributed by atoms with van der Waals surface area (Å²) in [5.74, 6) is -2.56. The summed E-state index contributed by atoms with van der Waals surface area (Å²) in [4.78, 5) is 38.7. The minimum Gasteiger partial charge on any atom is -0.507 e. The summed E-state index contributed by atoms with van der Waals surface area (Å²) in [6.45, 7) is 0. The Hall–Kier alpha value is -4.10. The summed E-state index contributed by atoms with van der Waals surface area (Å²) in [6.07, 6.45) is 0. The van der Waals surface area contributed by atoms with Gasteiger partial charge >= 0.3 is 5.97 Å². The van der Waals surface area contributed by atoms with Crippen LogP contribution in [-0.4, -0.2) is 35.0 Å². The number of ether oxygens (including phenoxy) is 1. The molecule has 1 amide bonds. The molecule has 7 nitrogen and oxygen atoms in total. The Morgan fingerprint density at radius 1 is 0.879 bits per heavy atom. The highest BCUT2D eigenvalue weighted by Gasteiger charge is 2.47. The molecule has 0 spiro atoms. The van der Waals surface area contributed by atoms with Crippen LogP contribution in [-0.2, 0) is 9.59 Å². The van der Waals surface area contributed by atoms with Gasteiger partial charge in [-0.25, -0.2) is 4.79 Å². The number of aliphatic hydroxyl groups excluding tert-OH is 1. The fourth-order valence-corrected chi connectivity index (χ4v) is 3.85. The van der Waals surface area contributed by atoms with Gasteiger partial charge in [0.25, 0.3) is 11.7 Å². The van der Waals surface area contributed by atoms with Crippen molar-refractivity contribution in [2.45, 2.75) is 6.04 Å². The molecule has 166 valence electrons. The van der Waals surface area contributed by atoms with E-state index in [0.29, 0.717) is 27.6 Å². The number of hydrogen-bond donors (Lipinski definition) is 2. The van der Waals surface area contributed by atoms with E-state index in [4.69, 9.17) is 16.3 Å². The molecule has 4 rings (SSSR count). The molecular weight excluding hydrogens is 446 g/mol. The number of ketones is 1. The Morgan fingerprint density at radius 3 is 2.00 bits per heavy atom. The van der Waals surface area contributed by atoms with Crippen LogP contribution < -0.4 is 9.64 Å². The number of carboxylic acids is 1. The third kappa shape index (κ3) is 4.06. The van der Waals surface area contributed by atoms with Crippen molar-refractivity contribution in [1.29, 1.82) is 0 Å². The lowest BCUT2D eigenvalue weighted by Gasteiger charge is -2.25. The van der Waals surface area contributed by atoms with Crippen molar-refractivity contribution in [2.24, 2.45) is 0 Å². The topological polar surface area (TPSA) is 104 Å². The molecule has 1 fully saturated rings. The van der Waals surface area contributed by atoms with E-state index in [1.165, 1.54) is 36.3 Å². The zero-order valence-corrected chi connectivity index (χ0v) is 18.1. The molecular formula is C25H18ClNO6. The highest BCUT2D eigenvalue weighted by molar-refractivity contribution is 6.51. The zero-order valence-electron chi connectivity index (χ0n) is 17.4. The average Bonchev–Trinajstić information content (AvgIpc) is 3.09. The molecule has 1 saturated heterocycles. The number of methoxy groups -OCH3 is 1. The maximum atomic E-state index is 13.1. The number of carbonyl (C=O) groups excluding carboxylic acids is 2. The summed E-state index contributed by atoms with van der Waals surface area (Å²) in [6, 6.07) is 17.7. The molecule has 0 saturated carbocycles. The molecule has 1 aliphatic rings. The Balaban J connectivity index is 1.90. The number of hydrogen-bond acceptors (Lipinski definition) is 5. The summed E-state index contributed by atoms with van der Waals surface area (Å²) < 4.78 is 5.20. The number of amides is 1. The number of rotatable bonds is 5. The van der Waals surface area contributed by atoms with Gasteiger partial charge in [-0.3, -0.25) is 14.5 Å². The second kappa shape index (κ2) is 8.80. The Morgan fingerprint density at radius 2 is 1.45 bits per heavy atom. The van der Waals surface area contributed by atoms with Crippen LogP contribution >= 0.6 is 11.6 Å². The summed E-state index contributed by atoms with van der Waals surface area (Å²) in [5, 5.41) is 20.7. The molecule has 2 N–H and O–H groups in total. The third-order valence-corrected chi connectivity index (χ3v) is 5.64. The van der Waals surface area contributed by atoms with E-state index in [-0.39, 0.29) is 16.9 Å². The van der Waals surface area contributed by atoms with E-state index in [2.05, 4.69) is 0 Å². The summed E-state index contributed by atoms with van der Waals surface area (Å²) in [5.41, 5.74) is 1.16. The lowest BCUT2D eigenvalue weighted by atomic mass is 9.95. The highest BCUT2D eigenvalue weighted by atomic mass is 35.5. The van der Waals surface area contributed by atoms with Crippen molar-refractivity contribution < 1.29 is 29.3 Å². The Kier molecular flexibility index (Phi) is 5.89. The monoisotopic (exact) mass is 463 g/mol. The van der Waals surface area contributed by atoms with E-state index in [1.54, 1.807) is 48.5 Å². The van der Waals surface area contributed by atoms with E-state index in [1.807, 2.05) is 0 Å². The lowest BCUT2D eigenvalue weighted by Crippen LogP contribution is -2.29. The first kappa shape index (κ1) is 22.1. The molecule has 0 aromatic heterocycles. The van der Waals surface area contributed by atoms with Crippen LogP contribution in [0.25, 0.3) is 5.76 Å². The first-order chi connectivity index (χ1) is 15.8. The van der Waals surface area contributed by atoms with Crippen molar-refractivity contribution in [3.63, 3.8) is 0 Å². The minimum atomic E-state index is -1.11. The smallest absolute Gasteiger partial charge is 0.335 e. The van der Waals surface area contributed by atoms with Crippen LogP contribution in [0, 0.1) is 0 Å². The molecule has 1 aliphatic heterocycles. The Labute approximate surface area is 194 Å². The summed E-state index contributed by atoms with van der Waals surface area (Å²) >= 11 is 5.94. The molecule has 3 aromatic rings. The lowest BCUT2D eigenvalue weighted by molar-refractivity contribution is -0.132. The van der Waals surface area contributed by atoms with Crippen molar-refractivity contribution in [1.82, 2.24) is 0 Å². The van der Waals surface area contributed by atoms with Crippen molar-refractivity contribution in [2.75, 3.05) is 12.0 Å². The number of anilines is 1. The number of halogens is 1. The number of benzene rings is 3. The molecule has 1 unspecified atom stereocenters. The second-order valence-electron chi connectivity index (χ2n) is 7.30. The largest absolute Gasteiger partial charge is 0.507 e. The minimum absolute atomic E-state index is 0.0393. The average molecular weight is 464 g/mol. The van der Waals surface area contributed by atoms with E-state index >= 15 is 0 Å². The molecule has 8 heteroatoms. The molecule has 3 aromatic carbocycles. The number of aliphatic hydroxyl groups is 1. The highest BCUT2D eigenvalue weighted by Crippen LogP contribution is 2.42. The summed E-state index contributed by atoms with van der Waals surface area (Å²) in [7, 11) is 1.52. The maximum Gasteiger partial charge on any atom is 0.335 e. The normalized spacial score (nSPS) is 17.3. The van der Waals surface area contributed by atoms with Gasteiger partial charge < -0.3 is 14.9 Å². The second-order valence-corrected chi connectivity index (χ2v) is 7.74. The van der Waals surface area contributed by atoms with Gasteiger partial charge in [0.1, 0.15) is 11.5 Å². The van der Waals surface area contributed by atoms with Gasteiger partial charge in [-0.15, -0.1) is 0 Å². The van der Waals surface area contributed by atoms with Crippen LogP contribution in [0.2, 0.25) is 5.02 Å². The predicted octanol–water partition coefficient (Wildman–Crippen LogP) is 4.67. The van der Waals surface area contributed by atoms with Crippen LogP contribution in [0.15, 0.2) is 78.4 Å². The van der Waals surface area contributed by atoms with Crippen LogP contribution in [0.4, 0.5) is 5.69 Å². The number of Topliss-reactive ketones (excluding diaryl/α,β-unsaturated/α-hetero) is 1. The van der Waals surface area contributed by atoms with Crippen LogP contribution in [0.5, 0.6) is 5.75 Å². The fraction of sp³-hybridized carbons (Fsp3) is 0.0800. The molecule has 0 radical (unpaired) electrons. The van der Waals surface area contributed by atoms with Crippen molar-refractivity contribution >= 4 is 40.7 Å². The van der Waals surface area contributed by atoms with Crippen molar-refractivity contribution in [3.8, 4) is 5.75 Å². The van der Waals surface area contributed by atoms with Gasteiger partial charge in [-0.1, -0.05) is 23.7 Å². The molecule has 33 heavy (non-hydrogen) atoms. The molecule has 0 bridgehead atoms. The van der Waals surface area contributed by atoms with Gasteiger partial charge in [0, 0.05) is 16.3 Å². The Bertz CT molecular complexity index is 1260. The van der Waals surface area contributed by atoms with Crippen molar-refractivity contribution in [3.05, 3.63) is 100 Å². The van der Waals surface area contributed by atoms with Crippen LogP contribution in [0.1, 0.15) is 27.5 Å². The molecule has 0 aliphatic carbocycles. The standard InChI is InChI=1S/C25H18ClNO6/c1-33-19-12-6-14(7-13-19)21-20(22(28)15-2-8-17(26)9-3-15)23(29)24(30)27(21)18-10-4-16(5-11-18)25(31)32/h2-13,21,28H,1H3,(H,31,32). The van der Waals surface area contributed by atoms with E-state index in [0.717, 1.165) is 0 Å². The molecule has 1 atom stereocenters. The quantitative estimate of drug-likeness (QED) is 0.323.